The fourth-order valence-corrected chi connectivity index (χ4v) is 5.61. The van der Waals surface area contributed by atoms with E-state index in [0.717, 1.165) is 16.2 Å². The summed E-state index contributed by atoms with van der Waals surface area (Å²) in [7, 11) is 5.50. The summed E-state index contributed by atoms with van der Waals surface area (Å²) >= 11 is 2.39. The number of ether oxygens (including phenoxy) is 1. The van der Waals surface area contributed by atoms with Gasteiger partial charge in [0.1, 0.15) is 23.7 Å². The Morgan fingerprint density at radius 1 is 1.32 bits per heavy atom. The number of carboxylic acid groups (broad SMARTS) is 2. The van der Waals surface area contributed by atoms with E-state index < -0.39 is 47.2 Å². The summed E-state index contributed by atoms with van der Waals surface area (Å²) in [5.41, 5.74) is 5.75. The van der Waals surface area contributed by atoms with Gasteiger partial charge >= 0.3 is 17.9 Å². The minimum Gasteiger partial charge on any atom is -0.481 e. The first-order valence-corrected chi connectivity index (χ1v) is 13.0. The van der Waals surface area contributed by atoms with E-state index in [1.165, 1.54) is 29.3 Å². The van der Waals surface area contributed by atoms with Gasteiger partial charge in [-0.3, -0.25) is 24.1 Å². The molecule has 1 aromatic heterocycles. The summed E-state index contributed by atoms with van der Waals surface area (Å²) in [6, 6.07) is -0.962. The largest absolute Gasteiger partial charge is 0.481 e. The van der Waals surface area contributed by atoms with Crippen LogP contribution in [0.3, 0.4) is 0 Å². The maximum atomic E-state index is 13.2. The van der Waals surface area contributed by atoms with E-state index in [0.29, 0.717) is 10.2 Å². The van der Waals surface area contributed by atoms with E-state index in [-0.39, 0.29) is 41.5 Å². The number of carboxylic acids is 2. The Morgan fingerprint density at radius 2 is 2.03 bits per heavy atom. The third-order valence-electron chi connectivity index (χ3n) is 5.32. The number of nitrogens with zero attached hydrogens (tertiary/aromatic N) is 3. The lowest BCUT2D eigenvalue weighted by Gasteiger charge is -2.48. The second-order valence-electron chi connectivity index (χ2n) is 9.35. The number of nitrogen functional groups attached to an aromatic ring is 1. The maximum Gasteiger partial charge on any atom is 0.352 e. The second kappa shape index (κ2) is 11.3. The number of likely N-dealkylation sites (N-methyl/N-ethyl adjacent to an activating group) is 1. The standard InChI is InChI=1S/C22H27N5O8S2/c1-27(2,3)9-11(8-15(28)29)35-16(30)5-4-12(13-10-37-22(23)24-13)18(31)25-17-19(32)26-14(21(33)34)6-7-36-20(17)26/h4,6,10-11,17,20H,5,7-9H2,1-3H3,(H4-,23,24,25,28,29,31,33,34)/p+1/b12-4-/t11?,17-,20-/m1/s1. The van der Waals surface area contributed by atoms with Crippen molar-refractivity contribution in [2.45, 2.75) is 30.4 Å². The number of quaternary nitrogens is 1. The van der Waals surface area contributed by atoms with Crippen molar-refractivity contribution in [3.8, 4) is 0 Å². The molecular weight excluding hydrogens is 526 g/mol. The van der Waals surface area contributed by atoms with E-state index >= 15 is 0 Å². The van der Waals surface area contributed by atoms with Crippen LogP contribution < -0.4 is 11.1 Å². The number of hydrogen-bond acceptors (Lipinski definition) is 10. The zero-order valence-corrected chi connectivity index (χ0v) is 22.0. The molecule has 13 nitrogen and oxygen atoms in total. The van der Waals surface area contributed by atoms with Gasteiger partial charge in [-0.2, -0.15) is 0 Å². The van der Waals surface area contributed by atoms with Crippen molar-refractivity contribution < 1.29 is 43.4 Å². The third-order valence-corrected chi connectivity index (χ3v) is 7.18. The number of aliphatic carboxylic acids is 2. The number of carbonyl (C=O) groups is 5. The number of hydrogen-bond donors (Lipinski definition) is 4. The van der Waals surface area contributed by atoms with Crippen molar-refractivity contribution in [3.63, 3.8) is 0 Å². The number of anilines is 1. The monoisotopic (exact) mass is 554 g/mol. The number of rotatable bonds is 11. The van der Waals surface area contributed by atoms with Crippen molar-refractivity contribution in [2.75, 3.05) is 39.2 Å². The summed E-state index contributed by atoms with van der Waals surface area (Å²) in [5.74, 6) is -3.97. The summed E-state index contributed by atoms with van der Waals surface area (Å²) in [6.45, 7) is 0.268. The predicted octanol–water partition coefficient (Wildman–Crippen LogP) is -0.0401. The number of nitrogens with two attached hydrogens (primary N) is 1. The van der Waals surface area contributed by atoms with Crippen LogP contribution in [0.1, 0.15) is 18.5 Å². The SMILES string of the molecule is C[N+](C)(C)CC(CC(=O)O)OC(=O)C/C=C(\C(=O)N[C@@H]1C(=O)N2C(C(=O)O)=CCS[C@H]12)c1csc(N)n1. The summed E-state index contributed by atoms with van der Waals surface area (Å²) in [4.78, 5) is 66.1. The summed E-state index contributed by atoms with van der Waals surface area (Å²) in [6.07, 6.45) is 1.12. The number of nitrogens with one attached hydrogen (secondary N) is 1. The zero-order valence-electron chi connectivity index (χ0n) is 20.4. The van der Waals surface area contributed by atoms with Gasteiger partial charge in [0.05, 0.1) is 45.3 Å². The lowest BCUT2D eigenvalue weighted by molar-refractivity contribution is -0.873. The molecule has 3 heterocycles. The first-order valence-electron chi connectivity index (χ1n) is 11.1. The molecule has 5 N–H and O–H groups in total. The normalized spacial score (nSPS) is 20.3. The first-order chi connectivity index (χ1) is 17.3. The van der Waals surface area contributed by atoms with Crippen LogP contribution in [0.15, 0.2) is 23.2 Å². The van der Waals surface area contributed by atoms with Crippen LogP contribution in [-0.4, -0.2) is 105 Å². The van der Waals surface area contributed by atoms with Gasteiger partial charge in [-0.1, -0.05) is 6.08 Å². The summed E-state index contributed by atoms with van der Waals surface area (Å²) in [5, 5.41) is 22.2. The molecule has 1 fully saturated rings. The topological polar surface area (TPSA) is 189 Å². The van der Waals surface area contributed by atoms with E-state index in [2.05, 4.69) is 10.3 Å². The van der Waals surface area contributed by atoms with Crippen LogP contribution in [0.4, 0.5) is 5.13 Å². The average Bonchev–Trinajstić information content (AvgIpc) is 3.20. The fourth-order valence-electron chi connectivity index (χ4n) is 3.85. The lowest BCUT2D eigenvalue weighted by atomic mass is 10.0. The third kappa shape index (κ3) is 7.08. The van der Waals surface area contributed by atoms with Crippen LogP contribution in [0.25, 0.3) is 5.57 Å². The Bertz CT molecular complexity index is 1170. The number of thiazole rings is 1. The van der Waals surface area contributed by atoms with Crippen LogP contribution in [-0.2, 0) is 28.7 Å². The zero-order chi connectivity index (χ0) is 27.5. The van der Waals surface area contributed by atoms with E-state index in [1.807, 2.05) is 21.1 Å². The van der Waals surface area contributed by atoms with E-state index in [1.54, 1.807) is 0 Å². The van der Waals surface area contributed by atoms with Gasteiger partial charge in [-0.05, 0) is 6.08 Å². The second-order valence-corrected chi connectivity index (χ2v) is 11.4. The number of aromatic nitrogens is 1. The van der Waals surface area contributed by atoms with Crippen molar-refractivity contribution in [2.24, 2.45) is 0 Å². The van der Waals surface area contributed by atoms with Crippen molar-refractivity contribution >= 4 is 63.5 Å². The molecule has 0 saturated carbocycles. The minimum absolute atomic E-state index is 0.0210. The highest BCUT2D eigenvalue weighted by Crippen LogP contribution is 2.37. The van der Waals surface area contributed by atoms with Gasteiger partial charge in [0.25, 0.3) is 11.8 Å². The molecule has 37 heavy (non-hydrogen) atoms. The number of thioether (sulfide) groups is 1. The van der Waals surface area contributed by atoms with Crippen LogP contribution in [0.5, 0.6) is 0 Å². The van der Waals surface area contributed by atoms with Crippen LogP contribution >= 0.6 is 23.1 Å². The average molecular weight is 555 g/mol. The molecular formula is C22H28N5O8S2+. The van der Waals surface area contributed by atoms with Crippen LogP contribution in [0, 0.1) is 0 Å². The number of fused-ring (bicyclic) bond motifs is 1. The molecule has 0 bridgehead atoms. The number of amides is 2. The maximum absolute atomic E-state index is 13.2. The van der Waals surface area contributed by atoms with E-state index in [4.69, 9.17) is 15.6 Å². The van der Waals surface area contributed by atoms with Gasteiger partial charge in [-0.25, -0.2) is 9.78 Å². The van der Waals surface area contributed by atoms with E-state index in [9.17, 15) is 29.1 Å². The van der Waals surface area contributed by atoms with Gasteiger partial charge in [0.2, 0.25) is 0 Å². The van der Waals surface area contributed by atoms with Crippen molar-refractivity contribution in [3.05, 3.63) is 28.9 Å². The summed E-state index contributed by atoms with van der Waals surface area (Å²) < 4.78 is 5.74. The molecule has 1 unspecified atom stereocenters. The lowest BCUT2D eigenvalue weighted by Crippen LogP contribution is -2.70. The quantitative estimate of drug-likeness (QED) is 0.124. The Labute approximate surface area is 220 Å². The minimum atomic E-state index is -1.23. The molecule has 1 aromatic rings. The highest BCUT2D eigenvalue weighted by Gasteiger charge is 2.52. The smallest absolute Gasteiger partial charge is 0.352 e. The molecule has 2 amide bonds. The van der Waals surface area contributed by atoms with Gasteiger partial charge in [0, 0.05) is 11.1 Å². The van der Waals surface area contributed by atoms with Crippen LogP contribution in [0.2, 0.25) is 0 Å². The Balaban J connectivity index is 1.74. The highest BCUT2D eigenvalue weighted by atomic mass is 32.2. The molecule has 3 atom stereocenters. The highest BCUT2D eigenvalue weighted by molar-refractivity contribution is 8.00. The molecule has 0 aromatic carbocycles. The van der Waals surface area contributed by atoms with Crippen molar-refractivity contribution in [1.82, 2.24) is 15.2 Å². The van der Waals surface area contributed by atoms with Gasteiger partial charge in [-0.15, -0.1) is 23.1 Å². The molecule has 3 rings (SSSR count). The number of carbonyl (C=O) groups excluding carboxylic acids is 3. The predicted molar refractivity (Wildman–Crippen MR) is 135 cm³/mol. The van der Waals surface area contributed by atoms with Crippen molar-refractivity contribution in [1.29, 1.82) is 0 Å². The molecule has 15 heteroatoms. The Morgan fingerprint density at radius 3 is 2.59 bits per heavy atom. The molecule has 2 aliphatic heterocycles. The fraction of sp³-hybridized carbons (Fsp3) is 0.455. The molecule has 200 valence electrons. The van der Waals surface area contributed by atoms with Gasteiger partial charge in [0.15, 0.2) is 11.2 Å². The van der Waals surface area contributed by atoms with Gasteiger partial charge < -0.3 is 30.5 Å². The molecule has 2 aliphatic rings. The Kier molecular flexibility index (Phi) is 8.60. The Hall–Kier alpha value is -3.43. The first kappa shape index (κ1) is 28.1. The molecule has 1 saturated heterocycles. The molecule has 0 spiro atoms. The molecule has 0 radical (unpaired) electrons. The molecule has 0 aliphatic carbocycles. The number of esters is 1. The number of β-lactam (4-membered cyclic amide) rings is 1.